The van der Waals surface area contributed by atoms with Crippen LogP contribution in [0.2, 0.25) is 0 Å². The van der Waals surface area contributed by atoms with E-state index in [1.807, 2.05) is 26.0 Å². The van der Waals surface area contributed by atoms with Crippen molar-refractivity contribution in [1.82, 2.24) is 5.32 Å². The molecule has 146 valence electrons. The normalized spacial score (nSPS) is 11.2. The first kappa shape index (κ1) is 20.9. The van der Waals surface area contributed by atoms with Crippen molar-refractivity contribution in [2.24, 2.45) is 0 Å². The van der Waals surface area contributed by atoms with Gasteiger partial charge in [0, 0.05) is 13.7 Å². The largest absolute Gasteiger partial charge is 0.383 e. The minimum Gasteiger partial charge on any atom is -0.383 e. The first-order chi connectivity index (χ1) is 12.9. The molecule has 7 heteroatoms. The molecule has 1 N–H and O–H groups in total. The molecule has 2 aromatic carbocycles. The van der Waals surface area contributed by atoms with E-state index in [1.165, 1.54) is 11.4 Å². The Hall–Kier alpha value is -2.38. The quantitative estimate of drug-likeness (QED) is 0.668. The number of aryl methyl sites for hydroxylation is 2. The van der Waals surface area contributed by atoms with Crippen LogP contribution >= 0.6 is 0 Å². The molecule has 0 saturated heterocycles. The highest BCUT2D eigenvalue weighted by Gasteiger charge is 2.28. The fourth-order valence-corrected chi connectivity index (χ4v) is 4.13. The lowest BCUT2D eigenvalue weighted by atomic mass is 10.1. The lowest BCUT2D eigenvalue weighted by Crippen LogP contribution is -2.42. The second-order valence-electron chi connectivity index (χ2n) is 6.15. The number of rotatable bonds is 9. The van der Waals surface area contributed by atoms with Gasteiger partial charge in [0.05, 0.1) is 17.2 Å². The SMILES string of the molecule is CCc1ccccc1N(CC(=O)NCCOC)S(=O)(=O)c1ccc(C)cc1. The van der Waals surface area contributed by atoms with E-state index in [2.05, 4.69) is 5.32 Å². The molecular formula is C20H26N2O4S. The zero-order valence-electron chi connectivity index (χ0n) is 15.9. The van der Waals surface area contributed by atoms with Crippen LogP contribution in [0.3, 0.4) is 0 Å². The zero-order chi connectivity index (χ0) is 19.9. The van der Waals surface area contributed by atoms with Crippen molar-refractivity contribution in [2.75, 3.05) is 31.1 Å². The van der Waals surface area contributed by atoms with Gasteiger partial charge in [-0.25, -0.2) is 8.42 Å². The number of carbonyl (C=O) groups is 1. The lowest BCUT2D eigenvalue weighted by Gasteiger charge is -2.26. The Morgan fingerprint density at radius 3 is 2.41 bits per heavy atom. The molecule has 2 rings (SSSR count). The molecule has 0 unspecified atom stereocenters. The number of hydrogen-bond acceptors (Lipinski definition) is 4. The van der Waals surface area contributed by atoms with Crippen molar-refractivity contribution in [3.8, 4) is 0 Å². The highest BCUT2D eigenvalue weighted by atomic mass is 32.2. The maximum absolute atomic E-state index is 13.3. The summed E-state index contributed by atoms with van der Waals surface area (Å²) in [5, 5.41) is 2.68. The van der Waals surface area contributed by atoms with Crippen LogP contribution in [0, 0.1) is 6.92 Å². The number of ether oxygens (including phenoxy) is 1. The van der Waals surface area contributed by atoms with Crippen LogP contribution in [0.25, 0.3) is 0 Å². The fraction of sp³-hybridized carbons (Fsp3) is 0.350. The number of benzene rings is 2. The van der Waals surface area contributed by atoms with Gasteiger partial charge >= 0.3 is 0 Å². The molecule has 0 atom stereocenters. The monoisotopic (exact) mass is 390 g/mol. The molecule has 0 aliphatic heterocycles. The minimum absolute atomic E-state index is 0.156. The van der Waals surface area contributed by atoms with Crippen LogP contribution in [-0.2, 0) is 26.0 Å². The molecule has 27 heavy (non-hydrogen) atoms. The summed E-state index contributed by atoms with van der Waals surface area (Å²) in [6.45, 7) is 4.24. The molecule has 0 aliphatic carbocycles. The molecule has 0 fully saturated rings. The van der Waals surface area contributed by atoms with E-state index in [4.69, 9.17) is 4.74 Å². The van der Waals surface area contributed by atoms with Gasteiger partial charge in [0.15, 0.2) is 0 Å². The van der Waals surface area contributed by atoms with E-state index in [-0.39, 0.29) is 17.3 Å². The van der Waals surface area contributed by atoms with E-state index in [0.29, 0.717) is 25.3 Å². The summed E-state index contributed by atoms with van der Waals surface area (Å²) >= 11 is 0. The number of methoxy groups -OCH3 is 1. The third kappa shape index (κ3) is 5.30. The summed E-state index contributed by atoms with van der Waals surface area (Å²) < 4.78 is 32.7. The Morgan fingerprint density at radius 1 is 1.11 bits per heavy atom. The number of amides is 1. The van der Waals surface area contributed by atoms with E-state index in [0.717, 1.165) is 11.1 Å². The van der Waals surface area contributed by atoms with Crippen molar-refractivity contribution in [3.05, 3.63) is 59.7 Å². The minimum atomic E-state index is -3.89. The Labute approximate surface area is 161 Å². The Morgan fingerprint density at radius 2 is 1.78 bits per heavy atom. The Balaban J connectivity index is 2.42. The molecule has 0 aromatic heterocycles. The molecule has 0 heterocycles. The highest BCUT2D eigenvalue weighted by Crippen LogP contribution is 2.27. The predicted molar refractivity (Wildman–Crippen MR) is 106 cm³/mol. The smallest absolute Gasteiger partial charge is 0.264 e. The van der Waals surface area contributed by atoms with Gasteiger partial charge in [-0.2, -0.15) is 0 Å². The maximum atomic E-state index is 13.3. The van der Waals surface area contributed by atoms with E-state index >= 15 is 0 Å². The zero-order valence-corrected chi connectivity index (χ0v) is 16.8. The van der Waals surface area contributed by atoms with Gasteiger partial charge in [-0.05, 0) is 37.1 Å². The van der Waals surface area contributed by atoms with Crippen LogP contribution in [-0.4, -0.2) is 41.1 Å². The van der Waals surface area contributed by atoms with Crippen molar-refractivity contribution in [1.29, 1.82) is 0 Å². The summed E-state index contributed by atoms with van der Waals surface area (Å²) in [5.74, 6) is -0.381. The maximum Gasteiger partial charge on any atom is 0.264 e. The number of nitrogens with zero attached hydrogens (tertiary/aromatic N) is 1. The molecule has 1 amide bonds. The number of hydrogen-bond donors (Lipinski definition) is 1. The molecule has 0 spiro atoms. The molecule has 6 nitrogen and oxygen atoms in total. The number of carbonyl (C=O) groups excluding carboxylic acids is 1. The number of sulfonamides is 1. The van der Waals surface area contributed by atoms with E-state index < -0.39 is 10.0 Å². The number of anilines is 1. The summed E-state index contributed by atoms with van der Waals surface area (Å²) in [6, 6.07) is 13.9. The molecular weight excluding hydrogens is 364 g/mol. The fourth-order valence-electron chi connectivity index (χ4n) is 2.67. The van der Waals surface area contributed by atoms with Gasteiger partial charge in [-0.3, -0.25) is 9.10 Å². The molecule has 0 saturated carbocycles. The average molecular weight is 391 g/mol. The van der Waals surface area contributed by atoms with Gasteiger partial charge in [0.25, 0.3) is 10.0 Å². The summed E-state index contributed by atoms with van der Waals surface area (Å²) in [7, 11) is -2.35. The van der Waals surface area contributed by atoms with E-state index in [9.17, 15) is 13.2 Å². The second-order valence-corrected chi connectivity index (χ2v) is 8.01. The van der Waals surface area contributed by atoms with Crippen LogP contribution < -0.4 is 9.62 Å². The van der Waals surface area contributed by atoms with Gasteiger partial charge in [0.2, 0.25) is 5.91 Å². The second kappa shape index (κ2) is 9.53. The van der Waals surface area contributed by atoms with E-state index in [1.54, 1.807) is 36.4 Å². The summed E-state index contributed by atoms with van der Waals surface area (Å²) in [6.07, 6.45) is 0.654. The van der Waals surface area contributed by atoms with Crippen LogP contribution in [0.1, 0.15) is 18.1 Å². The van der Waals surface area contributed by atoms with Crippen molar-refractivity contribution in [3.63, 3.8) is 0 Å². The third-order valence-corrected chi connectivity index (χ3v) is 5.94. The van der Waals surface area contributed by atoms with Crippen molar-refractivity contribution >= 4 is 21.6 Å². The first-order valence-electron chi connectivity index (χ1n) is 8.83. The Kier molecular flexibility index (Phi) is 7.38. The molecule has 0 bridgehead atoms. The molecule has 0 aliphatic rings. The van der Waals surface area contributed by atoms with Crippen LogP contribution in [0.15, 0.2) is 53.4 Å². The van der Waals surface area contributed by atoms with Gasteiger partial charge in [-0.1, -0.05) is 42.8 Å². The van der Waals surface area contributed by atoms with Crippen LogP contribution in [0.5, 0.6) is 0 Å². The van der Waals surface area contributed by atoms with Gasteiger partial charge in [-0.15, -0.1) is 0 Å². The van der Waals surface area contributed by atoms with Crippen molar-refractivity contribution < 1.29 is 17.9 Å². The molecule has 0 radical (unpaired) electrons. The standard InChI is InChI=1S/C20H26N2O4S/c1-4-17-7-5-6-8-19(17)22(15-20(23)21-13-14-26-3)27(24,25)18-11-9-16(2)10-12-18/h5-12H,4,13-15H2,1-3H3,(H,21,23). The van der Waals surface area contributed by atoms with Crippen molar-refractivity contribution in [2.45, 2.75) is 25.2 Å². The highest BCUT2D eigenvalue weighted by molar-refractivity contribution is 7.92. The third-order valence-electron chi connectivity index (χ3n) is 4.17. The summed E-state index contributed by atoms with van der Waals surface area (Å²) in [4.78, 5) is 12.5. The number of para-hydroxylation sites is 1. The Bertz CT molecular complexity index is 864. The molecule has 2 aromatic rings. The van der Waals surface area contributed by atoms with Crippen LogP contribution in [0.4, 0.5) is 5.69 Å². The lowest BCUT2D eigenvalue weighted by molar-refractivity contribution is -0.119. The van der Waals surface area contributed by atoms with Gasteiger partial charge < -0.3 is 10.1 Å². The van der Waals surface area contributed by atoms with Gasteiger partial charge in [0.1, 0.15) is 6.54 Å². The predicted octanol–water partition coefficient (Wildman–Crippen LogP) is 2.52. The average Bonchev–Trinajstić information content (AvgIpc) is 2.66. The first-order valence-corrected chi connectivity index (χ1v) is 10.3. The number of nitrogens with one attached hydrogen (secondary N) is 1. The topological polar surface area (TPSA) is 75.7 Å². The summed E-state index contributed by atoms with van der Waals surface area (Å²) in [5.41, 5.74) is 2.34.